The predicted molar refractivity (Wildman–Crippen MR) is 133 cm³/mol. The predicted octanol–water partition coefficient (Wildman–Crippen LogP) is 3.68. The molecule has 1 amide bonds. The zero-order chi connectivity index (χ0) is 25.0. The lowest BCUT2D eigenvalue weighted by molar-refractivity contribution is 0.102. The van der Waals surface area contributed by atoms with Crippen molar-refractivity contribution in [2.45, 2.75) is 37.6 Å². The van der Waals surface area contributed by atoms with E-state index in [1.165, 1.54) is 10.4 Å². The summed E-state index contributed by atoms with van der Waals surface area (Å²) in [6.45, 7) is 3.13. The Morgan fingerprint density at radius 2 is 1.83 bits per heavy atom. The fourth-order valence-corrected chi connectivity index (χ4v) is 5.79. The van der Waals surface area contributed by atoms with Crippen LogP contribution in [0.4, 0.5) is 5.82 Å². The number of nitrogens with one attached hydrogen (secondary N) is 1. The Morgan fingerprint density at radius 3 is 2.54 bits per heavy atom. The van der Waals surface area contributed by atoms with Gasteiger partial charge in [0.15, 0.2) is 11.5 Å². The van der Waals surface area contributed by atoms with Crippen molar-refractivity contribution in [1.29, 1.82) is 0 Å². The Labute approximate surface area is 205 Å². The van der Waals surface area contributed by atoms with Crippen LogP contribution < -0.4 is 14.8 Å². The molecule has 35 heavy (non-hydrogen) atoms. The van der Waals surface area contributed by atoms with Crippen LogP contribution in [0.3, 0.4) is 0 Å². The van der Waals surface area contributed by atoms with E-state index in [2.05, 4.69) is 10.4 Å². The van der Waals surface area contributed by atoms with Gasteiger partial charge in [-0.15, -0.1) is 0 Å². The molecule has 3 aromatic rings. The number of benzene rings is 2. The van der Waals surface area contributed by atoms with E-state index in [0.717, 1.165) is 24.8 Å². The van der Waals surface area contributed by atoms with Crippen molar-refractivity contribution in [3.8, 4) is 11.5 Å². The fraction of sp³-hybridized carbons (Fsp3) is 0.360. The van der Waals surface area contributed by atoms with E-state index >= 15 is 0 Å². The fourth-order valence-electron chi connectivity index (χ4n) is 4.25. The molecule has 1 aromatic heterocycles. The maximum atomic E-state index is 13.2. The van der Waals surface area contributed by atoms with Gasteiger partial charge >= 0.3 is 0 Å². The quantitative estimate of drug-likeness (QED) is 0.508. The van der Waals surface area contributed by atoms with Gasteiger partial charge in [0, 0.05) is 30.3 Å². The number of carbonyl (C=O) groups is 1. The summed E-state index contributed by atoms with van der Waals surface area (Å²) in [5.74, 6) is 1.26. The number of para-hydroxylation sites is 1. The van der Waals surface area contributed by atoms with Crippen LogP contribution in [0.5, 0.6) is 11.5 Å². The molecule has 1 aliphatic heterocycles. The minimum absolute atomic E-state index is 0.129. The molecule has 9 nitrogen and oxygen atoms in total. The summed E-state index contributed by atoms with van der Waals surface area (Å²) < 4.78 is 40.2. The molecule has 1 saturated heterocycles. The molecular weight excluding hydrogens is 468 g/mol. The molecule has 1 fully saturated rings. The number of nitrogens with zero attached hydrogens (tertiary/aromatic N) is 3. The zero-order valence-electron chi connectivity index (χ0n) is 20.2. The van der Waals surface area contributed by atoms with Crippen molar-refractivity contribution in [3.63, 3.8) is 0 Å². The van der Waals surface area contributed by atoms with E-state index in [9.17, 15) is 13.2 Å². The van der Waals surface area contributed by atoms with Gasteiger partial charge in [0.1, 0.15) is 5.82 Å². The first-order valence-electron chi connectivity index (χ1n) is 11.5. The van der Waals surface area contributed by atoms with E-state index < -0.39 is 15.9 Å². The highest BCUT2D eigenvalue weighted by atomic mass is 32.2. The Hall–Kier alpha value is -3.37. The van der Waals surface area contributed by atoms with Gasteiger partial charge in [-0.05, 0) is 43.5 Å². The number of hydrogen-bond donors (Lipinski definition) is 1. The average Bonchev–Trinajstić information content (AvgIpc) is 3.30. The van der Waals surface area contributed by atoms with Gasteiger partial charge in [0.05, 0.1) is 31.9 Å². The highest BCUT2D eigenvalue weighted by molar-refractivity contribution is 7.89. The molecule has 10 heteroatoms. The van der Waals surface area contributed by atoms with Gasteiger partial charge in [-0.3, -0.25) is 4.79 Å². The van der Waals surface area contributed by atoms with Crippen LogP contribution in [0, 0.1) is 6.92 Å². The summed E-state index contributed by atoms with van der Waals surface area (Å²) >= 11 is 0. The topological polar surface area (TPSA) is 103 Å². The first kappa shape index (κ1) is 24.7. The molecular formula is C25H30N4O5S. The van der Waals surface area contributed by atoms with Crippen LogP contribution in [0.15, 0.2) is 53.6 Å². The van der Waals surface area contributed by atoms with Crippen LogP contribution in [0.2, 0.25) is 0 Å². The summed E-state index contributed by atoms with van der Waals surface area (Å²) in [5.41, 5.74) is 1.81. The molecule has 186 valence electrons. The van der Waals surface area contributed by atoms with E-state index in [1.807, 2.05) is 18.2 Å². The highest BCUT2D eigenvalue weighted by Gasteiger charge is 2.27. The van der Waals surface area contributed by atoms with Gasteiger partial charge in [-0.1, -0.05) is 24.6 Å². The summed E-state index contributed by atoms with van der Waals surface area (Å²) in [6.07, 6.45) is 4.32. The number of rotatable bonds is 8. The molecule has 0 unspecified atom stereocenters. The second-order valence-electron chi connectivity index (χ2n) is 8.42. The molecule has 0 atom stereocenters. The monoisotopic (exact) mass is 498 g/mol. The molecule has 0 radical (unpaired) electrons. The number of amides is 1. The number of hydrogen-bond acceptors (Lipinski definition) is 6. The van der Waals surface area contributed by atoms with E-state index in [0.29, 0.717) is 48.1 Å². The van der Waals surface area contributed by atoms with E-state index in [4.69, 9.17) is 9.47 Å². The number of ether oxygens (including phenoxy) is 2. The zero-order valence-corrected chi connectivity index (χ0v) is 21.0. The van der Waals surface area contributed by atoms with E-state index in [1.54, 1.807) is 50.2 Å². The van der Waals surface area contributed by atoms with Gasteiger partial charge in [0.2, 0.25) is 10.0 Å². The maximum Gasteiger partial charge on any atom is 0.257 e. The normalized spacial score (nSPS) is 14.5. The number of piperidine rings is 1. The third-order valence-electron chi connectivity index (χ3n) is 6.17. The minimum atomic E-state index is -3.65. The number of sulfonamides is 1. The number of methoxy groups -OCH3 is 2. The van der Waals surface area contributed by atoms with Crippen LogP contribution in [0.25, 0.3) is 0 Å². The number of aromatic nitrogens is 2. The van der Waals surface area contributed by atoms with Gasteiger partial charge in [0.25, 0.3) is 5.91 Å². The first-order valence-corrected chi connectivity index (χ1v) is 12.9. The summed E-state index contributed by atoms with van der Waals surface area (Å²) in [4.78, 5) is 13.3. The summed E-state index contributed by atoms with van der Waals surface area (Å²) in [5, 5.41) is 7.21. The van der Waals surface area contributed by atoms with Crippen molar-refractivity contribution in [2.75, 3.05) is 32.6 Å². The smallest absolute Gasteiger partial charge is 0.257 e. The Morgan fingerprint density at radius 1 is 1.06 bits per heavy atom. The molecule has 1 N–H and O–H groups in total. The standard InChI is InChI=1S/C25H30N4O5S/c1-18-10-11-20(35(31,32)28-14-5-4-6-15-28)16-21(18)25(30)27-23-12-13-26-29(23)17-19-8-7-9-22(33-2)24(19)34-3/h7-13,16H,4-6,14-15,17H2,1-3H3,(H,27,30). The lowest BCUT2D eigenvalue weighted by Gasteiger charge is -2.26. The van der Waals surface area contributed by atoms with E-state index in [-0.39, 0.29) is 4.90 Å². The van der Waals surface area contributed by atoms with Crippen molar-refractivity contribution in [1.82, 2.24) is 14.1 Å². The molecule has 0 aliphatic carbocycles. The van der Waals surface area contributed by atoms with Gasteiger partial charge in [-0.25, -0.2) is 13.1 Å². The minimum Gasteiger partial charge on any atom is -0.493 e. The number of anilines is 1. The van der Waals surface area contributed by atoms with Crippen molar-refractivity contribution >= 4 is 21.7 Å². The highest BCUT2D eigenvalue weighted by Crippen LogP contribution is 2.31. The van der Waals surface area contributed by atoms with Gasteiger partial charge < -0.3 is 14.8 Å². The first-order chi connectivity index (χ1) is 16.8. The molecule has 1 aliphatic rings. The lowest BCUT2D eigenvalue weighted by Crippen LogP contribution is -2.35. The Balaban J connectivity index is 1.57. The molecule has 0 spiro atoms. The Kier molecular flexibility index (Phi) is 7.42. The van der Waals surface area contributed by atoms with Crippen molar-refractivity contribution < 1.29 is 22.7 Å². The molecule has 0 saturated carbocycles. The van der Waals surface area contributed by atoms with Crippen LogP contribution in [-0.4, -0.2) is 55.7 Å². The number of aryl methyl sites for hydroxylation is 1. The van der Waals surface area contributed by atoms with Gasteiger partial charge in [-0.2, -0.15) is 9.40 Å². The molecule has 0 bridgehead atoms. The van der Waals surface area contributed by atoms with Crippen LogP contribution in [-0.2, 0) is 16.6 Å². The van der Waals surface area contributed by atoms with Crippen molar-refractivity contribution in [3.05, 3.63) is 65.4 Å². The second-order valence-corrected chi connectivity index (χ2v) is 10.4. The summed E-state index contributed by atoms with van der Waals surface area (Å²) in [7, 11) is -0.507. The average molecular weight is 499 g/mol. The Bertz CT molecular complexity index is 1310. The molecule has 4 rings (SSSR count). The third kappa shape index (κ3) is 5.18. The number of carbonyl (C=O) groups excluding carboxylic acids is 1. The largest absolute Gasteiger partial charge is 0.493 e. The SMILES string of the molecule is COc1cccc(Cn2nccc2NC(=O)c2cc(S(=O)(=O)N3CCCCC3)ccc2C)c1OC. The maximum absolute atomic E-state index is 13.2. The van der Waals surface area contributed by atoms with Crippen LogP contribution in [0.1, 0.15) is 40.7 Å². The lowest BCUT2D eigenvalue weighted by atomic mass is 10.1. The van der Waals surface area contributed by atoms with Crippen LogP contribution >= 0.6 is 0 Å². The molecule has 2 heterocycles. The second kappa shape index (κ2) is 10.5. The van der Waals surface area contributed by atoms with Crippen molar-refractivity contribution in [2.24, 2.45) is 0 Å². The molecule has 2 aromatic carbocycles. The summed E-state index contributed by atoms with van der Waals surface area (Å²) in [6, 6.07) is 11.9. The third-order valence-corrected chi connectivity index (χ3v) is 8.06.